The van der Waals surface area contributed by atoms with Crippen molar-refractivity contribution in [2.45, 2.75) is 13.3 Å². The van der Waals surface area contributed by atoms with Crippen LogP contribution in [0.4, 0.5) is 5.69 Å². The lowest BCUT2D eigenvalue weighted by atomic mass is 10.2. The molecule has 1 aromatic heterocycles. The number of rotatable bonds is 4. The van der Waals surface area contributed by atoms with Gasteiger partial charge in [0, 0.05) is 6.07 Å². The van der Waals surface area contributed by atoms with Crippen LogP contribution in [-0.2, 0) is 6.42 Å². The number of aromatic carboxylic acids is 1. The molecule has 1 aromatic carbocycles. The fourth-order valence-electron chi connectivity index (χ4n) is 1.69. The number of hydrogen-bond donors (Lipinski definition) is 1. The molecular weight excluding hydrogens is 252 g/mol. The monoisotopic (exact) mass is 262 g/mol. The second kappa shape index (κ2) is 4.89. The third-order valence-corrected chi connectivity index (χ3v) is 2.56. The molecule has 0 aliphatic rings. The van der Waals surface area contributed by atoms with E-state index in [0.29, 0.717) is 6.42 Å². The molecule has 19 heavy (non-hydrogen) atoms. The van der Waals surface area contributed by atoms with Gasteiger partial charge < -0.3 is 9.52 Å². The molecule has 0 amide bonds. The van der Waals surface area contributed by atoms with Crippen LogP contribution in [0.3, 0.4) is 0 Å². The van der Waals surface area contributed by atoms with Gasteiger partial charge in [-0.05, 0) is 12.5 Å². The van der Waals surface area contributed by atoms with Crippen LogP contribution in [0.5, 0.6) is 0 Å². The zero-order valence-electron chi connectivity index (χ0n) is 9.99. The summed E-state index contributed by atoms with van der Waals surface area (Å²) in [6.45, 7) is 1.73. The van der Waals surface area contributed by atoms with E-state index >= 15 is 0 Å². The summed E-state index contributed by atoms with van der Waals surface area (Å²) in [7, 11) is 0. The number of hydrogen-bond acceptors (Lipinski definition) is 5. The number of aryl methyl sites for hydroxylation is 1. The first-order valence-electron chi connectivity index (χ1n) is 5.51. The third kappa shape index (κ3) is 2.30. The quantitative estimate of drug-likeness (QED) is 0.670. The molecule has 7 heteroatoms. The Bertz CT molecular complexity index is 647. The summed E-state index contributed by atoms with van der Waals surface area (Å²) in [5, 5.41) is 19.9. The Hall–Kier alpha value is -2.70. The molecule has 98 valence electrons. The summed E-state index contributed by atoms with van der Waals surface area (Å²) < 4.78 is 5.13. The van der Waals surface area contributed by atoms with Gasteiger partial charge in [0.05, 0.1) is 10.6 Å². The molecule has 0 atom stereocenters. The number of benzene rings is 1. The molecule has 0 fully saturated rings. The van der Waals surface area contributed by atoms with Crippen LogP contribution in [0, 0.1) is 10.1 Å². The van der Waals surface area contributed by atoms with Crippen LogP contribution in [0.25, 0.3) is 11.5 Å². The molecule has 0 bridgehead atoms. The second-order valence-electron chi connectivity index (χ2n) is 3.73. The van der Waals surface area contributed by atoms with Crippen molar-refractivity contribution in [1.29, 1.82) is 0 Å². The van der Waals surface area contributed by atoms with Gasteiger partial charge in [0.1, 0.15) is 5.56 Å². The van der Waals surface area contributed by atoms with E-state index in [0.717, 1.165) is 0 Å². The van der Waals surface area contributed by atoms with Gasteiger partial charge in [0.25, 0.3) is 5.69 Å². The summed E-state index contributed by atoms with van der Waals surface area (Å²) in [6, 6.07) is 5.89. The van der Waals surface area contributed by atoms with Gasteiger partial charge in [0.2, 0.25) is 11.7 Å². The van der Waals surface area contributed by atoms with Crippen molar-refractivity contribution in [3.05, 3.63) is 45.8 Å². The fraction of sp³-hybridized carbons (Fsp3) is 0.167. The Morgan fingerprint density at radius 3 is 2.68 bits per heavy atom. The van der Waals surface area contributed by atoms with Gasteiger partial charge in [0.15, 0.2) is 0 Å². The number of carbonyl (C=O) groups is 1. The molecule has 0 saturated carbocycles. The van der Waals surface area contributed by atoms with Crippen LogP contribution in [0.15, 0.2) is 28.7 Å². The van der Waals surface area contributed by atoms with Gasteiger partial charge >= 0.3 is 5.97 Å². The fourth-order valence-corrected chi connectivity index (χ4v) is 1.69. The maximum Gasteiger partial charge on any atom is 0.373 e. The highest BCUT2D eigenvalue weighted by Gasteiger charge is 2.23. The molecule has 0 aliphatic carbocycles. The van der Waals surface area contributed by atoms with E-state index in [-0.39, 0.29) is 28.6 Å². The van der Waals surface area contributed by atoms with Gasteiger partial charge in [-0.3, -0.25) is 10.1 Å². The van der Waals surface area contributed by atoms with E-state index < -0.39 is 10.9 Å². The number of nitrogens with zero attached hydrogens (tertiary/aromatic N) is 2. The molecule has 0 saturated heterocycles. The highest BCUT2D eigenvalue weighted by Crippen LogP contribution is 2.30. The number of carboxylic acids is 1. The summed E-state index contributed by atoms with van der Waals surface area (Å²) in [4.78, 5) is 25.3. The number of carboxylic acid groups (broad SMARTS) is 1. The molecule has 0 aliphatic heterocycles. The largest absolute Gasteiger partial charge is 0.475 e. The standard InChI is InChI=1S/C12H10N2O5/c1-2-8-10(12(15)16)19-11(13-8)7-5-3-4-6-9(7)14(17)18/h3-6H,2H2,1H3,(H,15,16). The smallest absolute Gasteiger partial charge is 0.373 e. The lowest BCUT2D eigenvalue weighted by Gasteiger charge is -1.97. The van der Waals surface area contributed by atoms with Crippen LogP contribution < -0.4 is 0 Å². The van der Waals surface area contributed by atoms with Crippen molar-refractivity contribution in [2.75, 3.05) is 0 Å². The molecule has 1 heterocycles. The molecule has 7 nitrogen and oxygen atoms in total. The molecule has 2 aromatic rings. The first-order valence-corrected chi connectivity index (χ1v) is 5.51. The maximum atomic E-state index is 11.0. The summed E-state index contributed by atoms with van der Waals surface area (Å²) >= 11 is 0. The van der Waals surface area contributed by atoms with Crippen molar-refractivity contribution >= 4 is 11.7 Å². The van der Waals surface area contributed by atoms with Gasteiger partial charge in [-0.1, -0.05) is 19.1 Å². The SMILES string of the molecule is CCc1nc(-c2ccccc2[N+](=O)[O-])oc1C(=O)O. The van der Waals surface area contributed by atoms with Crippen LogP contribution in [0.2, 0.25) is 0 Å². The van der Waals surface area contributed by atoms with Gasteiger partial charge in [-0.15, -0.1) is 0 Å². The molecule has 1 N–H and O–H groups in total. The third-order valence-electron chi connectivity index (χ3n) is 2.56. The lowest BCUT2D eigenvalue weighted by Crippen LogP contribution is -1.98. The van der Waals surface area contributed by atoms with Gasteiger partial charge in [-0.2, -0.15) is 0 Å². The van der Waals surface area contributed by atoms with Crippen LogP contribution in [-0.4, -0.2) is 21.0 Å². The minimum Gasteiger partial charge on any atom is -0.475 e. The zero-order valence-corrected chi connectivity index (χ0v) is 9.99. The first-order chi connectivity index (χ1) is 9.04. The van der Waals surface area contributed by atoms with Crippen LogP contribution in [0.1, 0.15) is 23.2 Å². The Morgan fingerprint density at radius 1 is 1.47 bits per heavy atom. The molecule has 2 rings (SSSR count). The second-order valence-corrected chi connectivity index (χ2v) is 3.73. The first kappa shape index (κ1) is 12.7. The predicted octanol–water partition coefficient (Wildman–Crippen LogP) is 2.51. The van der Waals surface area contributed by atoms with E-state index in [1.54, 1.807) is 13.0 Å². The normalized spacial score (nSPS) is 10.4. The molecule has 0 spiro atoms. The van der Waals surface area contributed by atoms with Crippen molar-refractivity contribution < 1.29 is 19.2 Å². The zero-order chi connectivity index (χ0) is 14.0. The Balaban J connectivity index is 2.60. The van der Waals surface area contributed by atoms with Crippen LogP contribution >= 0.6 is 0 Å². The topological polar surface area (TPSA) is 106 Å². The van der Waals surface area contributed by atoms with E-state index in [9.17, 15) is 14.9 Å². The van der Waals surface area contributed by atoms with E-state index in [4.69, 9.17) is 9.52 Å². The van der Waals surface area contributed by atoms with Crippen molar-refractivity contribution in [3.8, 4) is 11.5 Å². The summed E-state index contributed by atoms with van der Waals surface area (Å²) in [5.41, 5.74) is 0.249. The average molecular weight is 262 g/mol. The van der Waals surface area contributed by atoms with Crippen molar-refractivity contribution in [1.82, 2.24) is 4.98 Å². The molecule has 0 radical (unpaired) electrons. The van der Waals surface area contributed by atoms with Crippen molar-refractivity contribution in [3.63, 3.8) is 0 Å². The highest BCUT2D eigenvalue weighted by atomic mass is 16.6. The minimum absolute atomic E-state index is 0.0541. The minimum atomic E-state index is -1.24. The van der Waals surface area contributed by atoms with E-state index in [1.165, 1.54) is 18.2 Å². The Morgan fingerprint density at radius 2 is 2.16 bits per heavy atom. The van der Waals surface area contributed by atoms with Gasteiger partial charge in [-0.25, -0.2) is 9.78 Å². The number of nitro groups is 1. The number of nitro benzene ring substituents is 1. The Labute approximate surface area is 107 Å². The highest BCUT2D eigenvalue weighted by molar-refractivity contribution is 5.86. The average Bonchev–Trinajstić information content (AvgIpc) is 2.82. The van der Waals surface area contributed by atoms with Crippen molar-refractivity contribution in [2.24, 2.45) is 0 Å². The number of aromatic nitrogens is 1. The molecular formula is C12H10N2O5. The maximum absolute atomic E-state index is 11.0. The molecule has 0 unspecified atom stereocenters. The lowest BCUT2D eigenvalue weighted by molar-refractivity contribution is -0.384. The van der Waals surface area contributed by atoms with E-state index in [2.05, 4.69) is 4.98 Å². The summed E-state index contributed by atoms with van der Waals surface area (Å²) in [6.07, 6.45) is 0.367. The number of para-hydroxylation sites is 1. The summed E-state index contributed by atoms with van der Waals surface area (Å²) in [5.74, 6) is -1.58. The Kier molecular flexibility index (Phi) is 3.28. The van der Waals surface area contributed by atoms with E-state index in [1.807, 2.05) is 0 Å². The number of oxazole rings is 1. The predicted molar refractivity (Wildman–Crippen MR) is 64.9 cm³/mol.